The lowest BCUT2D eigenvalue weighted by Crippen LogP contribution is -2.32. The quantitative estimate of drug-likeness (QED) is 0.246. The van der Waals surface area contributed by atoms with Crippen molar-refractivity contribution >= 4 is 62.3 Å². The van der Waals surface area contributed by atoms with Gasteiger partial charge in [-0.15, -0.1) is 0 Å². The highest BCUT2D eigenvalue weighted by Crippen LogP contribution is 2.35. The smallest absolute Gasteiger partial charge is 0.339 e. The van der Waals surface area contributed by atoms with Crippen LogP contribution in [0.15, 0.2) is 76.5 Å². The average Bonchev–Trinajstić information content (AvgIpc) is 3.17. The van der Waals surface area contributed by atoms with Crippen molar-refractivity contribution in [1.82, 2.24) is 4.90 Å². The fourth-order valence-electron chi connectivity index (χ4n) is 3.58. The van der Waals surface area contributed by atoms with Crippen LogP contribution in [-0.4, -0.2) is 50.6 Å². The second kappa shape index (κ2) is 12.5. The second-order valence-electron chi connectivity index (χ2n) is 8.27. The summed E-state index contributed by atoms with van der Waals surface area (Å²) in [5, 5.41) is 2.50. The third kappa shape index (κ3) is 6.95. The van der Waals surface area contributed by atoms with Crippen LogP contribution in [0.1, 0.15) is 12.5 Å². The van der Waals surface area contributed by atoms with E-state index in [0.29, 0.717) is 22.0 Å². The van der Waals surface area contributed by atoms with Crippen molar-refractivity contribution in [3.05, 3.63) is 82.2 Å². The Bertz CT molecular complexity index is 1590. The normalized spacial score (nSPS) is 14.4. The molecule has 0 unspecified atom stereocenters. The first-order valence-corrected chi connectivity index (χ1v) is 14.3. The number of rotatable bonds is 10. The van der Waals surface area contributed by atoms with Crippen LogP contribution in [0.4, 0.5) is 10.5 Å². The van der Waals surface area contributed by atoms with Crippen LogP contribution >= 0.6 is 23.4 Å². The van der Waals surface area contributed by atoms with Gasteiger partial charge in [-0.3, -0.25) is 19.3 Å². The molecular weight excluding hydrogens is 580 g/mol. The summed E-state index contributed by atoms with van der Waals surface area (Å²) in [4.78, 5) is 37.7. The van der Waals surface area contributed by atoms with E-state index in [1.54, 1.807) is 30.3 Å². The summed E-state index contributed by atoms with van der Waals surface area (Å²) in [6.07, 6.45) is 1.46. The molecule has 10 nitrogen and oxygen atoms in total. The number of amides is 3. The van der Waals surface area contributed by atoms with Gasteiger partial charge in [-0.2, -0.15) is 8.42 Å². The predicted octanol–water partition coefficient (Wildman–Crippen LogP) is 5.19. The standard InChI is InChI=1S/C27H23ClN2O8S2/c1-17(31)29-19-8-10-20(11-9-19)40(34,35)38-24-15-18(7-12-23(24)36-2)16-25-26(32)30(27(33)39-25)13-14-37-22-6-4-3-5-21(22)28/h3-12,15-16H,13-14H2,1-2H3,(H,29,31)/b25-16-. The van der Waals surface area contributed by atoms with Gasteiger partial charge in [-0.1, -0.05) is 29.8 Å². The van der Waals surface area contributed by atoms with Crippen LogP contribution in [0.3, 0.4) is 0 Å². The lowest BCUT2D eigenvalue weighted by Gasteiger charge is -2.14. The largest absolute Gasteiger partial charge is 0.493 e. The molecular formula is C27H23ClN2O8S2. The number of hydrogen-bond acceptors (Lipinski definition) is 9. The van der Waals surface area contributed by atoms with E-state index in [1.165, 1.54) is 56.5 Å². The molecule has 0 saturated carbocycles. The molecule has 0 atom stereocenters. The number of carbonyl (C=O) groups excluding carboxylic acids is 3. The van der Waals surface area contributed by atoms with Crippen LogP contribution in [0.5, 0.6) is 17.2 Å². The van der Waals surface area contributed by atoms with Crippen molar-refractivity contribution < 1.29 is 36.5 Å². The van der Waals surface area contributed by atoms with E-state index in [4.69, 9.17) is 25.3 Å². The summed E-state index contributed by atoms with van der Waals surface area (Å²) in [5.41, 5.74) is 0.834. The number of nitrogens with zero attached hydrogens (tertiary/aromatic N) is 1. The van der Waals surface area contributed by atoms with Gasteiger partial charge >= 0.3 is 10.1 Å². The fraction of sp³-hybridized carbons (Fsp3) is 0.148. The molecule has 1 fully saturated rings. The molecule has 0 aromatic heterocycles. The summed E-state index contributed by atoms with van der Waals surface area (Å²) in [7, 11) is -2.92. The molecule has 3 aromatic rings. The molecule has 3 amide bonds. The Morgan fingerprint density at radius 2 is 1.75 bits per heavy atom. The van der Waals surface area contributed by atoms with Crippen molar-refractivity contribution in [2.45, 2.75) is 11.8 Å². The zero-order chi connectivity index (χ0) is 28.9. The van der Waals surface area contributed by atoms with Gasteiger partial charge < -0.3 is 19.0 Å². The van der Waals surface area contributed by atoms with Crippen LogP contribution in [-0.2, 0) is 19.7 Å². The first-order valence-electron chi connectivity index (χ1n) is 11.7. The lowest BCUT2D eigenvalue weighted by molar-refractivity contribution is -0.123. The summed E-state index contributed by atoms with van der Waals surface area (Å²) in [6, 6.07) is 16.8. The molecule has 0 radical (unpaired) electrons. The maximum absolute atomic E-state index is 12.9. The van der Waals surface area contributed by atoms with Crippen LogP contribution in [0.25, 0.3) is 6.08 Å². The van der Waals surface area contributed by atoms with E-state index in [2.05, 4.69) is 5.32 Å². The van der Waals surface area contributed by atoms with Gasteiger partial charge in [0.15, 0.2) is 11.5 Å². The monoisotopic (exact) mass is 602 g/mol. The Kier molecular flexibility index (Phi) is 9.03. The summed E-state index contributed by atoms with van der Waals surface area (Å²) < 4.78 is 42.0. The Labute approximate surface area is 240 Å². The Hall–Kier alpha value is -4.00. The first kappa shape index (κ1) is 29.0. The summed E-state index contributed by atoms with van der Waals surface area (Å²) in [5.74, 6) is -0.342. The van der Waals surface area contributed by atoms with Gasteiger partial charge in [0, 0.05) is 12.6 Å². The van der Waals surface area contributed by atoms with Gasteiger partial charge in [-0.05, 0) is 71.9 Å². The number of thioether (sulfide) groups is 1. The van der Waals surface area contributed by atoms with Gasteiger partial charge in [0.1, 0.15) is 17.3 Å². The topological polar surface area (TPSA) is 128 Å². The Morgan fingerprint density at radius 3 is 2.42 bits per heavy atom. The average molecular weight is 603 g/mol. The molecule has 40 heavy (non-hydrogen) atoms. The minimum atomic E-state index is -4.27. The maximum Gasteiger partial charge on any atom is 0.339 e. The van der Waals surface area contributed by atoms with Crippen molar-refractivity contribution in [2.24, 2.45) is 0 Å². The predicted molar refractivity (Wildman–Crippen MR) is 151 cm³/mol. The van der Waals surface area contributed by atoms with Gasteiger partial charge in [0.05, 0.1) is 23.6 Å². The van der Waals surface area contributed by atoms with Gasteiger partial charge in [-0.25, -0.2) is 0 Å². The maximum atomic E-state index is 12.9. The summed E-state index contributed by atoms with van der Waals surface area (Å²) >= 11 is 6.82. The molecule has 208 valence electrons. The molecule has 1 aliphatic rings. The van der Waals surface area contributed by atoms with Gasteiger partial charge in [0.25, 0.3) is 11.1 Å². The molecule has 0 aliphatic carbocycles. The number of hydrogen-bond donors (Lipinski definition) is 1. The second-order valence-corrected chi connectivity index (χ2v) is 11.2. The number of imide groups is 1. The van der Waals surface area contributed by atoms with Crippen molar-refractivity contribution in [2.75, 3.05) is 25.6 Å². The number of carbonyl (C=O) groups is 3. The van der Waals surface area contributed by atoms with Gasteiger partial charge in [0.2, 0.25) is 5.91 Å². The zero-order valence-electron chi connectivity index (χ0n) is 21.3. The van der Waals surface area contributed by atoms with Crippen molar-refractivity contribution in [3.8, 4) is 17.2 Å². The number of nitrogens with one attached hydrogen (secondary N) is 1. The van der Waals surface area contributed by atoms with E-state index >= 15 is 0 Å². The molecule has 0 bridgehead atoms. The molecule has 1 aliphatic heterocycles. The molecule has 4 rings (SSSR count). The molecule has 1 N–H and O–H groups in total. The van der Waals surface area contributed by atoms with E-state index in [-0.39, 0.29) is 40.4 Å². The fourth-order valence-corrected chi connectivity index (χ4v) is 5.56. The van der Waals surface area contributed by atoms with Crippen LogP contribution in [0, 0.1) is 0 Å². The lowest BCUT2D eigenvalue weighted by atomic mass is 10.2. The minimum absolute atomic E-state index is 0.0170. The first-order chi connectivity index (χ1) is 19.1. The van der Waals surface area contributed by atoms with Crippen molar-refractivity contribution in [1.29, 1.82) is 0 Å². The molecule has 3 aromatic carbocycles. The number of anilines is 1. The molecule has 13 heteroatoms. The molecule has 1 saturated heterocycles. The number of halogens is 1. The molecule has 0 spiro atoms. The third-order valence-corrected chi connectivity index (χ3v) is 7.90. The number of methoxy groups -OCH3 is 1. The van der Waals surface area contributed by atoms with Crippen LogP contribution < -0.4 is 19.0 Å². The van der Waals surface area contributed by atoms with E-state index < -0.39 is 21.3 Å². The number of ether oxygens (including phenoxy) is 2. The highest BCUT2D eigenvalue weighted by molar-refractivity contribution is 8.18. The van der Waals surface area contributed by atoms with E-state index in [1.807, 2.05) is 0 Å². The van der Waals surface area contributed by atoms with E-state index in [9.17, 15) is 22.8 Å². The Morgan fingerprint density at radius 1 is 1.02 bits per heavy atom. The van der Waals surface area contributed by atoms with E-state index in [0.717, 1.165) is 16.7 Å². The van der Waals surface area contributed by atoms with Crippen LogP contribution in [0.2, 0.25) is 5.02 Å². The number of para-hydroxylation sites is 1. The summed E-state index contributed by atoms with van der Waals surface area (Å²) in [6.45, 7) is 1.41. The Balaban J connectivity index is 1.48. The third-order valence-electron chi connectivity index (χ3n) is 5.43. The highest BCUT2D eigenvalue weighted by Gasteiger charge is 2.35. The van der Waals surface area contributed by atoms with Crippen molar-refractivity contribution in [3.63, 3.8) is 0 Å². The number of benzene rings is 3. The molecule has 1 heterocycles. The zero-order valence-corrected chi connectivity index (χ0v) is 23.6. The minimum Gasteiger partial charge on any atom is -0.493 e. The SMILES string of the molecule is COc1ccc(/C=C2\SC(=O)N(CCOc3ccccc3Cl)C2=O)cc1OS(=O)(=O)c1ccc(NC(C)=O)cc1. The highest BCUT2D eigenvalue weighted by atomic mass is 35.5.